The molecular formula is C26H37NO4. The van der Waals surface area contributed by atoms with Crippen LogP contribution in [0.15, 0.2) is 18.2 Å². The molecule has 5 nitrogen and oxygen atoms in total. The minimum Gasteiger partial charge on any atom is -0.410 e. The number of ether oxygens (including phenoxy) is 2. The lowest BCUT2D eigenvalue weighted by Gasteiger charge is -2.53. The number of aliphatic hydroxyl groups is 1. The largest absolute Gasteiger partial charge is 0.415 e. The van der Waals surface area contributed by atoms with Crippen molar-refractivity contribution in [2.45, 2.75) is 70.8 Å². The molecule has 1 aliphatic heterocycles. The maximum Gasteiger partial charge on any atom is 0.415 e. The Morgan fingerprint density at radius 1 is 1.26 bits per heavy atom. The molecular weight excluding hydrogens is 390 g/mol. The first kappa shape index (κ1) is 21.3. The van der Waals surface area contributed by atoms with Crippen molar-refractivity contribution in [2.24, 2.45) is 23.2 Å². The fourth-order valence-electron chi connectivity index (χ4n) is 7.37. The van der Waals surface area contributed by atoms with Crippen LogP contribution in [-0.2, 0) is 11.2 Å². The highest BCUT2D eigenvalue weighted by molar-refractivity contribution is 5.71. The number of carbonyl (C=O) groups excluding carboxylic acids is 1. The van der Waals surface area contributed by atoms with Crippen molar-refractivity contribution in [3.05, 3.63) is 29.3 Å². The molecule has 4 aliphatic rings. The summed E-state index contributed by atoms with van der Waals surface area (Å²) in [6, 6.07) is 6.35. The van der Waals surface area contributed by atoms with Gasteiger partial charge < -0.3 is 19.5 Å². The number of carbonyl (C=O) groups is 1. The molecule has 5 heteroatoms. The summed E-state index contributed by atoms with van der Waals surface area (Å²) in [5.74, 6) is 3.20. The second-order valence-electron chi connectivity index (χ2n) is 10.5. The van der Waals surface area contributed by atoms with Crippen LogP contribution in [0.4, 0.5) is 4.79 Å². The van der Waals surface area contributed by atoms with Crippen molar-refractivity contribution < 1.29 is 19.4 Å². The number of nitrogens with zero attached hydrogens (tertiary/aromatic N) is 1. The van der Waals surface area contributed by atoms with Crippen LogP contribution in [0.5, 0.6) is 5.75 Å². The Hall–Kier alpha value is -1.59. The molecule has 6 atom stereocenters. The van der Waals surface area contributed by atoms with E-state index in [1.54, 1.807) is 4.90 Å². The lowest BCUT2D eigenvalue weighted by atomic mass is 9.52. The molecule has 31 heavy (non-hydrogen) atoms. The third-order valence-electron chi connectivity index (χ3n) is 8.96. The van der Waals surface area contributed by atoms with Crippen molar-refractivity contribution in [1.29, 1.82) is 0 Å². The number of fused-ring (bicyclic) bond motifs is 5. The van der Waals surface area contributed by atoms with Gasteiger partial charge in [0, 0.05) is 13.1 Å². The van der Waals surface area contributed by atoms with E-state index in [9.17, 15) is 9.90 Å². The Balaban J connectivity index is 1.40. The van der Waals surface area contributed by atoms with Gasteiger partial charge in [-0.2, -0.15) is 0 Å². The third kappa shape index (κ3) is 3.68. The van der Waals surface area contributed by atoms with Crippen LogP contribution >= 0.6 is 0 Å². The minimum absolute atomic E-state index is 0.0955. The summed E-state index contributed by atoms with van der Waals surface area (Å²) in [4.78, 5) is 14.3. The Labute approximate surface area is 186 Å². The van der Waals surface area contributed by atoms with Crippen molar-refractivity contribution in [1.82, 2.24) is 4.90 Å². The normalized spacial score (nSPS) is 37.0. The van der Waals surface area contributed by atoms with Crippen LogP contribution < -0.4 is 4.74 Å². The Morgan fingerprint density at radius 2 is 2.06 bits per heavy atom. The Kier molecular flexibility index (Phi) is 5.76. The highest BCUT2D eigenvalue weighted by Gasteiger charge is 2.56. The summed E-state index contributed by atoms with van der Waals surface area (Å²) in [6.45, 7) is 6.98. The zero-order valence-corrected chi connectivity index (χ0v) is 19.0. The summed E-state index contributed by atoms with van der Waals surface area (Å²) in [5, 5.41) is 10.8. The standard InChI is InChI=1S/C26H37NO4/c1-3-4-17-15-18-16-19(31-25(29)27-11-13-30-14-12-27)5-6-20(18)21-9-10-26(2)22(24(17)21)7-8-23(26)28/h5-6,16-17,21-24,28H,3-4,7-15H2,1-2H3/t17-,21-,22+,23+,24-,26+/m1/s1. The summed E-state index contributed by atoms with van der Waals surface area (Å²) < 4.78 is 11.1. The lowest BCUT2D eigenvalue weighted by Crippen LogP contribution is -2.47. The fourth-order valence-corrected chi connectivity index (χ4v) is 7.37. The molecule has 1 amide bonds. The van der Waals surface area contributed by atoms with E-state index in [4.69, 9.17) is 9.47 Å². The number of hydrogen-bond donors (Lipinski definition) is 1. The van der Waals surface area contributed by atoms with Crippen LogP contribution in [0.1, 0.15) is 69.4 Å². The van der Waals surface area contributed by atoms with Crippen LogP contribution in [0.2, 0.25) is 0 Å². The van der Waals surface area contributed by atoms with Crippen LogP contribution in [-0.4, -0.2) is 48.5 Å². The molecule has 0 radical (unpaired) electrons. The van der Waals surface area contributed by atoms with Gasteiger partial charge in [-0.3, -0.25) is 0 Å². The SMILES string of the molecule is CCC[C@@H]1Cc2cc(OC(=O)N3CCOCC3)ccc2[C@H]2CC[C@]3(C)[C@@H](O)CC[C@H]3[C@H]12. The van der Waals surface area contributed by atoms with Gasteiger partial charge in [-0.25, -0.2) is 4.79 Å². The summed E-state index contributed by atoms with van der Waals surface area (Å²) >= 11 is 0. The molecule has 5 rings (SSSR count). The van der Waals surface area contributed by atoms with E-state index >= 15 is 0 Å². The van der Waals surface area contributed by atoms with E-state index in [1.807, 2.05) is 6.07 Å². The molecule has 3 aliphatic carbocycles. The zero-order chi connectivity index (χ0) is 21.6. The Morgan fingerprint density at radius 3 is 2.84 bits per heavy atom. The van der Waals surface area contributed by atoms with Crippen molar-refractivity contribution in [3.63, 3.8) is 0 Å². The molecule has 0 unspecified atom stereocenters. The number of rotatable bonds is 3. The van der Waals surface area contributed by atoms with Gasteiger partial charge in [0.25, 0.3) is 0 Å². The number of amides is 1. The van der Waals surface area contributed by atoms with Gasteiger partial charge in [0.05, 0.1) is 19.3 Å². The van der Waals surface area contributed by atoms with Gasteiger partial charge in [0.15, 0.2) is 0 Å². The van der Waals surface area contributed by atoms with Crippen molar-refractivity contribution >= 4 is 6.09 Å². The average molecular weight is 428 g/mol. The third-order valence-corrected chi connectivity index (χ3v) is 8.96. The van der Waals surface area contributed by atoms with E-state index in [0.717, 1.165) is 25.7 Å². The maximum absolute atomic E-state index is 12.5. The van der Waals surface area contributed by atoms with Gasteiger partial charge in [0.2, 0.25) is 0 Å². The quantitative estimate of drug-likeness (QED) is 0.756. The molecule has 3 fully saturated rings. The first-order valence-corrected chi connectivity index (χ1v) is 12.4. The molecule has 1 aromatic rings. The molecule has 0 spiro atoms. The fraction of sp³-hybridized carbons (Fsp3) is 0.731. The summed E-state index contributed by atoms with van der Waals surface area (Å²) in [7, 11) is 0. The van der Waals surface area contributed by atoms with Gasteiger partial charge in [-0.1, -0.05) is 32.8 Å². The van der Waals surface area contributed by atoms with Gasteiger partial charge >= 0.3 is 6.09 Å². The zero-order valence-electron chi connectivity index (χ0n) is 19.0. The predicted octanol–water partition coefficient (Wildman–Crippen LogP) is 4.76. The van der Waals surface area contributed by atoms with E-state index in [-0.39, 0.29) is 17.6 Å². The van der Waals surface area contributed by atoms with Crippen molar-refractivity contribution in [3.8, 4) is 5.75 Å². The molecule has 0 aromatic heterocycles. The maximum atomic E-state index is 12.5. The van der Waals surface area contributed by atoms with Gasteiger partial charge in [0.1, 0.15) is 5.75 Å². The molecule has 2 saturated carbocycles. The molecule has 0 bridgehead atoms. The molecule has 1 N–H and O–H groups in total. The molecule has 1 saturated heterocycles. The first-order chi connectivity index (χ1) is 15.0. The molecule has 170 valence electrons. The summed E-state index contributed by atoms with van der Waals surface area (Å²) in [5.41, 5.74) is 2.93. The van der Waals surface area contributed by atoms with E-state index in [2.05, 4.69) is 26.0 Å². The number of hydrogen-bond acceptors (Lipinski definition) is 4. The van der Waals surface area contributed by atoms with E-state index in [0.29, 0.717) is 55.7 Å². The smallest absolute Gasteiger partial charge is 0.410 e. The van der Waals surface area contributed by atoms with Crippen LogP contribution in [0.3, 0.4) is 0 Å². The predicted molar refractivity (Wildman–Crippen MR) is 119 cm³/mol. The topological polar surface area (TPSA) is 59.0 Å². The number of morpholine rings is 1. The van der Waals surface area contributed by atoms with Crippen LogP contribution in [0.25, 0.3) is 0 Å². The van der Waals surface area contributed by atoms with E-state index in [1.165, 1.54) is 30.4 Å². The molecule has 1 aromatic carbocycles. The first-order valence-electron chi connectivity index (χ1n) is 12.4. The van der Waals surface area contributed by atoms with Gasteiger partial charge in [-0.05, 0) is 84.5 Å². The number of benzene rings is 1. The second-order valence-corrected chi connectivity index (χ2v) is 10.5. The minimum atomic E-state index is -0.268. The van der Waals surface area contributed by atoms with Crippen molar-refractivity contribution in [2.75, 3.05) is 26.3 Å². The average Bonchev–Trinajstić information content (AvgIpc) is 3.09. The Bertz CT molecular complexity index is 820. The van der Waals surface area contributed by atoms with Crippen LogP contribution in [0, 0.1) is 23.2 Å². The number of aliphatic hydroxyl groups excluding tert-OH is 1. The monoisotopic (exact) mass is 427 g/mol. The van der Waals surface area contributed by atoms with E-state index < -0.39 is 0 Å². The summed E-state index contributed by atoms with van der Waals surface area (Å²) in [6.07, 6.45) is 7.51. The lowest BCUT2D eigenvalue weighted by molar-refractivity contribution is -0.0394. The highest BCUT2D eigenvalue weighted by Crippen LogP contribution is 2.62. The second kappa shape index (κ2) is 8.40. The van der Waals surface area contributed by atoms with Gasteiger partial charge in [-0.15, -0.1) is 0 Å². The highest BCUT2D eigenvalue weighted by atomic mass is 16.6. The molecule has 1 heterocycles.